The second kappa shape index (κ2) is 7.53. The lowest BCUT2D eigenvalue weighted by Gasteiger charge is -2.16. The molecule has 0 radical (unpaired) electrons. The van der Waals surface area contributed by atoms with Crippen molar-refractivity contribution in [3.8, 4) is 0 Å². The first-order valence-electron chi connectivity index (χ1n) is 6.76. The van der Waals surface area contributed by atoms with Crippen LogP contribution in [0.15, 0.2) is 35.4 Å². The second-order valence-corrected chi connectivity index (χ2v) is 4.71. The van der Waals surface area contributed by atoms with Gasteiger partial charge < -0.3 is 9.64 Å². The van der Waals surface area contributed by atoms with Crippen molar-refractivity contribution in [2.45, 2.75) is 25.6 Å². The fourth-order valence-corrected chi connectivity index (χ4v) is 2.24. The number of carbonyl (C=O) groups excluding carboxylic acids is 1. The smallest absolute Gasteiger partial charge is 0.251 e. The number of azide groups is 1. The van der Waals surface area contributed by atoms with Gasteiger partial charge >= 0.3 is 0 Å². The van der Waals surface area contributed by atoms with E-state index in [0.717, 1.165) is 12.0 Å². The van der Waals surface area contributed by atoms with Crippen LogP contribution in [0, 0.1) is 0 Å². The van der Waals surface area contributed by atoms with Crippen molar-refractivity contribution in [2.24, 2.45) is 5.11 Å². The molecule has 1 aromatic rings. The third-order valence-corrected chi connectivity index (χ3v) is 3.29. The standard InChI is InChI=1S/C14H18N4O2/c15-17-16-8-4-9-18-10-7-13(14(18)19)20-11-12-5-2-1-3-6-12/h1-3,5-6,13H,4,7-11H2. The summed E-state index contributed by atoms with van der Waals surface area (Å²) in [5.41, 5.74) is 9.26. The van der Waals surface area contributed by atoms with Gasteiger partial charge in [0.1, 0.15) is 6.10 Å². The van der Waals surface area contributed by atoms with Crippen LogP contribution in [0.1, 0.15) is 18.4 Å². The average molecular weight is 274 g/mol. The second-order valence-electron chi connectivity index (χ2n) is 4.71. The molecule has 1 heterocycles. The van der Waals surface area contributed by atoms with Gasteiger partial charge in [0, 0.05) is 31.0 Å². The van der Waals surface area contributed by atoms with Gasteiger partial charge in [-0.15, -0.1) is 0 Å². The van der Waals surface area contributed by atoms with E-state index in [1.807, 2.05) is 30.3 Å². The van der Waals surface area contributed by atoms with Gasteiger partial charge in [0.25, 0.3) is 5.91 Å². The Morgan fingerprint density at radius 3 is 2.95 bits per heavy atom. The van der Waals surface area contributed by atoms with E-state index in [-0.39, 0.29) is 12.0 Å². The van der Waals surface area contributed by atoms with Crippen molar-refractivity contribution in [3.63, 3.8) is 0 Å². The molecule has 106 valence electrons. The molecule has 1 atom stereocenters. The summed E-state index contributed by atoms with van der Waals surface area (Å²) in [4.78, 5) is 16.6. The molecule has 2 rings (SSSR count). The van der Waals surface area contributed by atoms with Gasteiger partial charge in [-0.25, -0.2) is 0 Å². The molecule has 1 fully saturated rings. The number of nitrogens with zero attached hydrogens (tertiary/aromatic N) is 4. The monoisotopic (exact) mass is 274 g/mol. The predicted octanol–water partition coefficient (Wildman–Crippen LogP) is 2.50. The number of benzene rings is 1. The highest BCUT2D eigenvalue weighted by atomic mass is 16.5. The number of likely N-dealkylation sites (tertiary alicyclic amines) is 1. The summed E-state index contributed by atoms with van der Waals surface area (Å²) in [5, 5.41) is 3.46. The highest BCUT2D eigenvalue weighted by molar-refractivity contribution is 5.82. The van der Waals surface area contributed by atoms with Crippen LogP contribution < -0.4 is 0 Å². The van der Waals surface area contributed by atoms with Crippen LogP contribution in [0.5, 0.6) is 0 Å². The molecule has 0 N–H and O–H groups in total. The zero-order chi connectivity index (χ0) is 14.2. The summed E-state index contributed by atoms with van der Waals surface area (Å²) in [6.45, 7) is 2.23. The molecule has 1 unspecified atom stereocenters. The van der Waals surface area contributed by atoms with Gasteiger partial charge in [0.2, 0.25) is 0 Å². The number of ether oxygens (including phenoxy) is 1. The van der Waals surface area contributed by atoms with E-state index in [1.165, 1.54) is 0 Å². The number of amides is 1. The predicted molar refractivity (Wildman–Crippen MR) is 74.8 cm³/mol. The lowest BCUT2D eigenvalue weighted by Crippen LogP contribution is -2.31. The van der Waals surface area contributed by atoms with E-state index in [1.54, 1.807) is 4.90 Å². The van der Waals surface area contributed by atoms with Crippen molar-refractivity contribution >= 4 is 5.91 Å². The quantitative estimate of drug-likeness (QED) is 0.331. The Labute approximate surface area is 118 Å². The van der Waals surface area contributed by atoms with E-state index in [2.05, 4.69) is 10.0 Å². The number of rotatable bonds is 7. The molecule has 1 aliphatic heterocycles. The summed E-state index contributed by atoms with van der Waals surface area (Å²) in [6.07, 6.45) is 1.09. The minimum Gasteiger partial charge on any atom is -0.364 e. The molecule has 0 aromatic heterocycles. The Morgan fingerprint density at radius 1 is 1.40 bits per heavy atom. The van der Waals surface area contributed by atoms with Crippen LogP contribution >= 0.6 is 0 Å². The van der Waals surface area contributed by atoms with Gasteiger partial charge in [-0.1, -0.05) is 35.4 Å². The van der Waals surface area contributed by atoms with Gasteiger partial charge in [-0.3, -0.25) is 4.79 Å². The van der Waals surface area contributed by atoms with Crippen LogP contribution in [-0.4, -0.2) is 36.5 Å². The molecular formula is C14H18N4O2. The minimum atomic E-state index is -0.338. The molecule has 20 heavy (non-hydrogen) atoms. The molecule has 1 aliphatic rings. The summed E-state index contributed by atoms with van der Waals surface area (Å²) >= 11 is 0. The van der Waals surface area contributed by atoms with Crippen LogP contribution in [-0.2, 0) is 16.1 Å². The molecule has 0 bridgehead atoms. The molecule has 6 nitrogen and oxygen atoms in total. The lowest BCUT2D eigenvalue weighted by atomic mass is 10.2. The van der Waals surface area contributed by atoms with E-state index < -0.39 is 0 Å². The van der Waals surface area contributed by atoms with Gasteiger partial charge in [0.15, 0.2) is 0 Å². The summed E-state index contributed by atoms with van der Waals surface area (Å²) in [6, 6.07) is 9.83. The SMILES string of the molecule is [N-]=[N+]=NCCCN1CCC(OCc2ccccc2)C1=O. The van der Waals surface area contributed by atoms with Crippen molar-refractivity contribution in [1.82, 2.24) is 4.90 Å². The summed E-state index contributed by atoms with van der Waals surface area (Å²) < 4.78 is 5.69. The van der Waals surface area contributed by atoms with Gasteiger partial charge in [-0.2, -0.15) is 0 Å². The third kappa shape index (κ3) is 3.98. The van der Waals surface area contributed by atoms with Gasteiger partial charge in [-0.05, 0) is 17.5 Å². The van der Waals surface area contributed by atoms with Gasteiger partial charge in [0.05, 0.1) is 6.61 Å². The molecule has 0 saturated carbocycles. The van der Waals surface area contributed by atoms with Crippen LogP contribution in [0.25, 0.3) is 10.4 Å². The van der Waals surface area contributed by atoms with E-state index in [9.17, 15) is 4.79 Å². The number of carbonyl (C=O) groups is 1. The normalized spacial score (nSPS) is 18.1. The van der Waals surface area contributed by atoms with Crippen molar-refractivity contribution < 1.29 is 9.53 Å². The van der Waals surface area contributed by atoms with Crippen LogP contribution in [0.2, 0.25) is 0 Å². The Hall–Kier alpha value is -2.04. The zero-order valence-electron chi connectivity index (χ0n) is 11.3. The summed E-state index contributed by atoms with van der Waals surface area (Å²) in [5.74, 6) is 0.0434. The molecule has 0 aliphatic carbocycles. The number of hydrogen-bond acceptors (Lipinski definition) is 3. The van der Waals surface area contributed by atoms with Crippen LogP contribution in [0.4, 0.5) is 0 Å². The molecule has 6 heteroatoms. The Morgan fingerprint density at radius 2 is 2.20 bits per heavy atom. The average Bonchev–Trinajstić information content (AvgIpc) is 2.83. The first-order chi connectivity index (χ1) is 9.81. The van der Waals surface area contributed by atoms with E-state index in [0.29, 0.717) is 32.7 Å². The largest absolute Gasteiger partial charge is 0.364 e. The van der Waals surface area contributed by atoms with E-state index >= 15 is 0 Å². The van der Waals surface area contributed by atoms with Crippen molar-refractivity contribution in [2.75, 3.05) is 19.6 Å². The highest BCUT2D eigenvalue weighted by Gasteiger charge is 2.31. The molecule has 1 saturated heterocycles. The minimum absolute atomic E-state index is 0.0434. The van der Waals surface area contributed by atoms with Crippen LogP contribution in [0.3, 0.4) is 0 Å². The first kappa shape index (κ1) is 14.4. The third-order valence-electron chi connectivity index (χ3n) is 3.29. The maximum Gasteiger partial charge on any atom is 0.251 e. The maximum absolute atomic E-state index is 12.1. The van der Waals surface area contributed by atoms with E-state index in [4.69, 9.17) is 10.3 Å². The number of hydrogen-bond donors (Lipinski definition) is 0. The molecule has 1 amide bonds. The molecule has 1 aromatic carbocycles. The zero-order valence-corrected chi connectivity index (χ0v) is 11.3. The lowest BCUT2D eigenvalue weighted by molar-refractivity contribution is -0.138. The fourth-order valence-electron chi connectivity index (χ4n) is 2.24. The highest BCUT2D eigenvalue weighted by Crippen LogP contribution is 2.16. The topological polar surface area (TPSA) is 78.3 Å². The van der Waals surface area contributed by atoms with Crippen molar-refractivity contribution in [3.05, 3.63) is 46.3 Å². The molecule has 0 spiro atoms. The Kier molecular flexibility index (Phi) is 5.41. The Bertz CT molecular complexity index is 485. The Balaban J connectivity index is 1.74. The maximum atomic E-state index is 12.1. The molecular weight excluding hydrogens is 256 g/mol. The fraction of sp³-hybridized carbons (Fsp3) is 0.500. The van der Waals surface area contributed by atoms with Crippen molar-refractivity contribution in [1.29, 1.82) is 0 Å². The summed E-state index contributed by atoms with van der Waals surface area (Å²) in [7, 11) is 0. The first-order valence-corrected chi connectivity index (χ1v) is 6.76.